The van der Waals surface area contributed by atoms with Gasteiger partial charge in [0.15, 0.2) is 0 Å². The lowest BCUT2D eigenvalue weighted by Crippen LogP contribution is -2.50. The monoisotopic (exact) mass is 311 g/mol. The molecule has 18 heavy (non-hydrogen) atoms. The fourth-order valence-electron chi connectivity index (χ4n) is 2.32. The Morgan fingerprint density at radius 2 is 2.28 bits per heavy atom. The van der Waals surface area contributed by atoms with Gasteiger partial charge in [-0.2, -0.15) is 0 Å². The maximum absolute atomic E-state index is 3.58. The van der Waals surface area contributed by atoms with Crippen molar-refractivity contribution in [2.45, 2.75) is 19.0 Å². The normalized spacial score (nSPS) is 21.1. The van der Waals surface area contributed by atoms with Crippen molar-refractivity contribution in [2.24, 2.45) is 0 Å². The molecule has 1 aromatic rings. The summed E-state index contributed by atoms with van der Waals surface area (Å²) in [4.78, 5) is 2.45. The van der Waals surface area contributed by atoms with E-state index in [1.807, 2.05) is 0 Å². The zero-order valence-corrected chi connectivity index (χ0v) is 12.5. The summed E-state index contributed by atoms with van der Waals surface area (Å²) in [6.45, 7) is 5.41. The summed E-state index contributed by atoms with van der Waals surface area (Å²) in [6, 6.07) is 9.06. The molecule has 4 heteroatoms. The van der Waals surface area contributed by atoms with Gasteiger partial charge in [-0.1, -0.05) is 34.1 Å². The Balaban J connectivity index is 1.68. The Hall–Kier alpha value is -0.420. The third-order valence-corrected chi connectivity index (χ3v) is 4.35. The standard InChI is InChI=1S/C14H22BrN3/c1-18-9-8-17-11-13(18)6-7-16-10-12-4-2-3-5-14(12)15/h2-5,13,16-17H,6-11H2,1H3. The van der Waals surface area contributed by atoms with Crippen LogP contribution in [0.4, 0.5) is 0 Å². The average molecular weight is 312 g/mol. The molecule has 1 saturated heterocycles. The number of benzene rings is 1. The van der Waals surface area contributed by atoms with Crippen molar-refractivity contribution in [3.05, 3.63) is 34.3 Å². The smallest absolute Gasteiger partial charge is 0.0230 e. The highest BCUT2D eigenvalue weighted by atomic mass is 79.9. The number of nitrogens with one attached hydrogen (secondary N) is 2. The Labute approximate surface area is 118 Å². The highest BCUT2D eigenvalue weighted by Gasteiger charge is 2.17. The summed E-state index contributed by atoms with van der Waals surface area (Å²) in [7, 11) is 2.22. The van der Waals surface area contributed by atoms with Crippen molar-refractivity contribution in [1.82, 2.24) is 15.5 Å². The molecular formula is C14H22BrN3. The van der Waals surface area contributed by atoms with Gasteiger partial charge in [0.25, 0.3) is 0 Å². The summed E-state index contributed by atoms with van der Waals surface area (Å²) in [5.41, 5.74) is 1.33. The van der Waals surface area contributed by atoms with Crippen LogP contribution in [-0.4, -0.2) is 44.2 Å². The lowest BCUT2D eigenvalue weighted by atomic mass is 10.1. The van der Waals surface area contributed by atoms with E-state index in [0.29, 0.717) is 6.04 Å². The SMILES string of the molecule is CN1CCNCC1CCNCc1ccccc1Br. The van der Waals surface area contributed by atoms with Crippen LogP contribution in [0.3, 0.4) is 0 Å². The Bertz CT molecular complexity index is 370. The molecule has 1 aliphatic rings. The van der Waals surface area contributed by atoms with E-state index in [0.717, 1.165) is 32.7 Å². The van der Waals surface area contributed by atoms with Crippen molar-refractivity contribution in [1.29, 1.82) is 0 Å². The third kappa shape index (κ3) is 4.05. The molecule has 0 saturated carbocycles. The molecule has 0 aromatic heterocycles. The molecule has 1 atom stereocenters. The van der Waals surface area contributed by atoms with Crippen molar-refractivity contribution < 1.29 is 0 Å². The van der Waals surface area contributed by atoms with Crippen LogP contribution < -0.4 is 10.6 Å². The van der Waals surface area contributed by atoms with Gasteiger partial charge in [0.1, 0.15) is 0 Å². The van der Waals surface area contributed by atoms with Crippen LogP contribution in [0.15, 0.2) is 28.7 Å². The van der Waals surface area contributed by atoms with Crippen LogP contribution >= 0.6 is 15.9 Å². The first kappa shape index (κ1) is 14.0. The molecule has 0 amide bonds. The fraction of sp³-hybridized carbons (Fsp3) is 0.571. The average Bonchev–Trinajstić information content (AvgIpc) is 2.38. The zero-order chi connectivity index (χ0) is 12.8. The summed E-state index contributed by atoms with van der Waals surface area (Å²) in [6.07, 6.45) is 1.20. The van der Waals surface area contributed by atoms with Crippen LogP contribution in [0, 0.1) is 0 Å². The van der Waals surface area contributed by atoms with E-state index in [1.54, 1.807) is 0 Å². The second kappa shape index (κ2) is 7.24. The highest BCUT2D eigenvalue weighted by molar-refractivity contribution is 9.10. The third-order valence-electron chi connectivity index (χ3n) is 3.57. The van der Waals surface area contributed by atoms with Gasteiger partial charge in [0.05, 0.1) is 0 Å². The second-order valence-electron chi connectivity index (χ2n) is 4.90. The summed E-state index contributed by atoms with van der Waals surface area (Å²) >= 11 is 3.58. The van der Waals surface area contributed by atoms with Crippen molar-refractivity contribution in [3.63, 3.8) is 0 Å². The van der Waals surface area contributed by atoms with Crippen molar-refractivity contribution in [3.8, 4) is 0 Å². The first-order chi connectivity index (χ1) is 8.77. The molecule has 0 spiro atoms. The molecule has 0 radical (unpaired) electrons. The highest BCUT2D eigenvalue weighted by Crippen LogP contribution is 2.15. The van der Waals surface area contributed by atoms with Gasteiger partial charge >= 0.3 is 0 Å². The minimum absolute atomic E-state index is 0.672. The van der Waals surface area contributed by atoms with E-state index in [1.165, 1.54) is 16.5 Å². The number of hydrogen-bond acceptors (Lipinski definition) is 3. The fourth-order valence-corrected chi connectivity index (χ4v) is 2.74. The molecule has 100 valence electrons. The number of rotatable bonds is 5. The molecule has 1 fully saturated rings. The first-order valence-electron chi connectivity index (χ1n) is 6.62. The van der Waals surface area contributed by atoms with Crippen LogP contribution in [0.25, 0.3) is 0 Å². The quantitative estimate of drug-likeness (QED) is 0.813. The number of hydrogen-bond donors (Lipinski definition) is 2. The molecule has 2 N–H and O–H groups in total. The number of piperazine rings is 1. The van der Waals surface area contributed by atoms with Crippen LogP contribution in [0.2, 0.25) is 0 Å². The number of nitrogens with zero attached hydrogens (tertiary/aromatic N) is 1. The molecule has 0 bridgehead atoms. The van der Waals surface area contributed by atoms with Gasteiger partial charge in [0.2, 0.25) is 0 Å². The zero-order valence-electron chi connectivity index (χ0n) is 11.0. The van der Waals surface area contributed by atoms with Gasteiger partial charge in [0, 0.05) is 36.7 Å². The lowest BCUT2D eigenvalue weighted by Gasteiger charge is -2.33. The molecule has 0 aliphatic carbocycles. The minimum atomic E-state index is 0.672. The second-order valence-corrected chi connectivity index (χ2v) is 5.75. The summed E-state index contributed by atoms with van der Waals surface area (Å²) in [5, 5.41) is 6.98. The van der Waals surface area contributed by atoms with Crippen LogP contribution in [0.1, 0.15) is 12.0 Å². The van der Waals surface area contributed by atoms with E-state index in [9.17, 15) is 0 Å². The maximum atomic E-state index is 3.58. The molecule has 1 heterocycles. The van der Waals surface area contributed by atoms with Crippen molar-refractivity contribution >= 4 is 15.9 Å². The predicted molar refractivity (Wildman–Crippen MR) is 79.8 cm³/mol. The lowest BCUT2D eigenvalue weighted by molar-refractivity contribution is 0.189. The van der Waals surface area contributed by atoms with E-state index < -0.39 is 0 Å². The van der Waals surface area contributed by atoms with Gasteiger partial charge in [-0.25, -0.2) is 0 Å². The minimum Gasteiger partial charge on any atom is -0.314 e. The largest absolute Gasteiger partial charge is 0.314 e. The van der Waals surface area contributed by atoms with Gasteiger partial charge in [-0.15, -0.1) is 0 Å². The first-order valence-corrected chi connectivity index (χ1v) is 7.42. The molecular weight excluding hydrogens is 290 g/mol. The molecule has 1 unspecified atom stereocenters. The topological polar surface area (TPSA) is 27.3 Å². The van der Waals surface area contributed by atoms with E-state index in [-0.39, 0.29) is 0 Å². The predicted octanol–water partition coefficient (Wildman–Crippen LogP) is 1.83. The molecule has 1 aliphatic heterocycles. The van der Waals surface area contributed by atoms with E-state index in [4.69, 9.17) is 0 Å². The molecule has 1 aromatic carbocycles. The van der Waals surface area contributed by atoms with E-state index >= 15 is 0 Å². The van der Waals surface area contributed by atoms with Crippen LogP contribution in [-0.2, 0) is 6.54 Å². The van der Waals surface area contributed by atoms with Crippen LogP contribution in [0.5, 0.6) is 0 Å². The van der Waals surface area contributed by atoms with Gasteiger partial charge < -0.3 is 15.5 Å². The number of likely N-dealkylation sites (N-methyl/N-ethyl adjacent to an activating group) is 1. The summed E-state index contributed by atoms with van der Waals surface area (Å²) in [5.74, 6) is 0. The Kier molecular flexibility index (Phi) is 5.63. The van der Waals surface area contributed by atoms with E-state index in [2.05, 4.69) is 62.8 Å². The number of halogens is 1. The Morgan fingerprint density at radius 1 is 1.44 bits per heavy atom. The maximum Gasteiger partial charge on any atom is 0.0230 e. The van der Waals surface area contributed by atoms with Gasteiger partial charge in [-0.05, 0) is 31.6 Å². The van der Waals surface area contributed by atoms with Crippen molar-refractivity contribution in [2.75, 3.05) is 33.2 Å². The molecule has 2 rings (SSSR count). The van der Waals surface area contributed by atoms with Gasteiger partial charge in [-0.3, -0.25) is 0 Å². The Morgan fingerprint density at radius 3 is 3.06 bits per heavy atom. The molecule has 3 nitrogen and oxygen atoms in total. The summed E-state index contributed by atoms with van der Waals surface area (Å²) < 4.78 is 1.19.